The maximum absolute atomic E-state index is 13.2. The number of fused-ring (bicyclic) bond motifs is 2. The van der Waals surface area contributed by atoms with E-state index in [2.05, 4.69) is 10.3 Å². The van der Waals surface area contributed by atoms with Gasteiger partial charge in [0.15, 0.2) is 11.2 Å². The number of carbonyl (C=O) groups excluding carboxylic acids is 1. The average Bonchev–Trinajstić information content (AvgIpc) is 3.56. The van der Waals surface area contributed by atoms with Crippen LogP contribution in [0.1, 0.15) is 32.9 Å². The van der Waals surface area contributed by atoms with Gasteiger partial charge in [-0.3, -0.25) is 9.10 Å². The molecule has 0 saturated heterocycles. The number of aromatic nitrogens is 2. The van der Waals surface area contributed by atoms with Crippen LogP contribution in [0.25, 0.3) is 44.8 Å². The molecule has 3 aromatic heterocycles. The average molecular weight is 595 g/mol. The van der Waals surface area contributed by atoms with Crippen LogP contribution in [0.5, 0.6) is 0 Å². The van der Waals surface area contributed by atoms with Crippen LogP contribution in [0, 0.1) is 13.8 Å². The molecule has 1 N–H and O–H groups in total. The molecule has 0 bridgehead atoms. The summed E-state index contributed by atoms with van der Waals surface area (Å²) in [4.78, 5) is 22.6. The molecule has 0 aliphatic rings. The van der Waals surface area contributed by atoms with E-state index >= 15 is 0 Å². The van der Waals surface area contributed by atoms with Crippen molar-refractivity contribution in [3.63, 3.8) is 0 Å². The summed E-state index contributed by atoms with van der Waals surface area (Å²) in [6, 6.07) is 22.7. The summed E-state index contributed by atoms with van der Waals surface area (Å²) in [6.45, 7) is 4.01. The van der Waals surface area contributed by atoms with Crippen LogP contribution in [0.2, 0.25) is 0 Å². The fourth-order valence-electron chi connectivity index (χ4n) is 5.00. The molecule has 0 radical (unpaired) electrons. The van der Waals surface area contributed by atoms with Gasteiger partial charge in [-0.05, 0) is 37.6 Å². The second-order valence-electron chi connectivity index (χ2n) is 10.6. The summed E-state index contributed by atoms with van der Waals surface area (Å²) in [6.07, 6.45) is 1.63. The second kappa shape index (κ2) is 10.7. The van der Waals surface area contributed by atoms with Gasteiger partial charge < -0.3 is 14.2 Å². The van der Waals surface area contributed by atoms with Crippen LogP contribution in [0.3, 0.4) is 0 Å². The Morgan fingerprint density at radius 1 is 0.884 bits per heavy atom. The highest BCUT2D eigenvalue weighted by Gasteiger charge is 2.26. The number of benzene rings is 3. The van der Waals surface area contributed by atoms with Crippen molar-refractivity contribution < 1.29 is 22.0 Å². The predicted molar refractivity (Wildman–Crippen MR) is 168 cm³/mol. The van der Waals surface area contributed by atoms with Gasteiger partial charge in [-0.1, -0.05) is 59.7 Å². The summed E-state index contributed by atoms with van der Waals surface area (Å²) in [7, 11) is -0.635. The van der Waals surface area contributed by atoms with Gasteiger partial charge in [0.05, 0.1) is 23.2 Å². The van der Waals surface area contributed by atoms with Crippen LogP contribution < -0.4 is 9.62 Å². The Hall–Kier alpha value is -4.96. The second-order valence-corrected chi connectivity index (χ2v) is 12.6. The van der Waals surface area contributed by atoms with Crippen molar-refractivity contribution in [2.24, 2.45) is 0 Å². The van der Waals surface area contributed by atoms with Crippen LogP contribution >= 0.6 is 0 Å². The van der Waals surface area contributed by atoms with E-state index in [-0.39, 0.29) is 5.91 Å². The van der Waals surface area contributed by atoms with Crippen LogP contribution in [-0.2, 0) is 16.4 Å². The molecule has 1 amide bonds. The topological polar surface area (TPSA) is 119 Å². The number of amides is 1. The molecule has 43 heavy (non-hydrogen) atoms. The molecule has 3 aromatic carbocycles. The van der Waals surface area contributed by atoms with E-state index in [4.69, 9.17) is 13.8 Å². The van der Waals surface area contributed by atoms with Crippen LogP contribution in [0.15, 0.2) is 81.6 Å². The van der Waals surface area contributed by atoms with Gasteiger partial charge in [-0.2, -0.15) is 4.98 Å². The lowest BCUT2D eigenvalue weighted by Crippen LogP contribution is -2.25. The number of hydrogen-bond acceptors (Lipinski definition) is 7. The number of sulfonamides is 1. The zero-order valence-electron chi connectivity index (χ0n) is 24.4. The van der Waals surface area contributed by atoms with Gasteiger partial charge in [-0.25, -0.2) is 13.4 Å². The third-order valence-corrected chi connectivity index (χ3v) is 8.65. The number of anilines is 1. The first-order chi connectivity index (χ1) is 20.5. The molecule has 0 atom stereocenters. The first-order valence-corrected chi connectivity index (χ1v) is 15.5. The molecular weight excluding hydrogens is 564 g/mol. The molecular formula is C33H30N4O5S. The summed E-state index contributed by atoms with van der Waals surface area (Å²) in [5, 5.41) is 3.23. The zero-order valence-corrected chi connectivity index (χ0v) is 25.2. The largest absolute Gasteiger partial charge is 0.455 e. The minimum Gasteiger partial charge on any atom is -0.455 e. The number of pyridine rings is 1. The quantitative estimate of drug-likeness (QED) is 0.232. The van der Waals surface area contributed by atoms with Gasteiger partial charge in [0.25, 0.3) is 5.91 Å². The highest BCUT2D eigenvalue weighted by molar-refractivity contribution is 7.92. The smallest absolute Gasteiger partial charge is 0.255 e. The number of aryl methyl sites for hydroxylation is 2. The van der Waals surface area contributed by atoms with Crippen LogP contribution in [-0.4, -0.2) is 44.6 Å². The van der Waals surface area contributed by atoms with Crippen molar-refractivity contribution >= 4 is 43.8 Å². The number of hydrogen-bond donors (Lipinski definition) is 1. The molecule has 0 aliphatic heterocycles. The molecule has 0 fully saturated rings. The number of nitrogens with zero attached hydrogens (tertiary/aromatic N) is 3. The Bertz CT molecular complexity index is 2110. The first kappa shape index (κ1) is 28.2. The SMILES string of the molecule is CNC(=O)c1c(-c2ccc(C)cc2)oc2cc(N(C)S(C)(=O)=O)c(-c3ccc4oc(Cc5ccc(C)cc5)nc4n3)cc12. The fraction of sp³-hybridized carbons (Fsp3) is 0.182. The van der Waals surface area contributed by atoms with Crippen LogP contribution in [0.4, 0.5) is 5.69 Å². The minimum atomic E-state index is -3.66. The van der Waals surface area contributed by atoms with Crippen molar-refractivity contribution in [1.29, 1.82) is 0 Å². The predicted octanol–water partition coefficient (Wildman–Crippen LogP) is 6.27. The summed E-state index contributed by atoms with van der Waals surface area (Å²) < 4.78 is 38.8. The van der Waals surface area contributed by atoms with Crippen molar-refractivity contribution in [3.8, 4) is 22.6 Å². The van der Waals surface area contributed by atoms with Gasteiger partial charge >= 0.3 is 0 Å². The lowest BCUT2D eigenvalue weighted by Gasteiger charge is -2.20. The van der Waals surface area contributed by atoms with Crippen molar-refractivity contribution in [3.05, 3.63) is 101 Å². The number of carbonyl (C=O) groups is 1. The lowest BCUT2D eigenvalue weighted by molar-refractivity contribution is 0.0964. The van der Waals surface area contributed by atoms with Crippen molar-refractivity contribution in [2.45, 2.75) is 20.3 Å². The molecule has 0 spiro atoms. The maximum atomic E-state index is 13.2. The highest BCUT2D eigenvalue weighted by atomic mass is 32.2. The van der Waals surface area contributed by atoms with E-state index < -0.39 is 10.0 Å². The number of nitrogens with one attached hydrogen (secondary N) is 1. The molecule has 9 nitrogen and oxygen atoms in total. The Kier molecular flexibility index (Phi) is 7.01. The Labute approximate surface area is 249 Å². The molecule has 10 heteroatoms. The maximum Gasteiger partial charge on any atom is 0.255 e. The molecule has 3 heterocycles. The van der Waals surface area contributed by atoms with Gasteiger partial charge in [0, 0.05) is 43.1 Å². The van der Waals surface area contributed by atoms with E-state index in [1.165, 1.54) is 16.9 Å². The Balaban J connectivity index is 1.53. The van der Waals surface area contributed by atoms with Gasteiger partial charge in [0.1, 0.15) is 11.3 Å². The monoisotopic (exact) mass is 594 g/mol. The number of oxazole rings is 1. The van der Waals surface area contributed by atoms with Gasteiger partial charge in [-0.15, -0.1) is 0 Å². The molecule has 218 valence electrons. The molecule has 6 aromatic rings. The molecule has 0 aliphatic carbocycles. The summed E-state index contributed by atoms with van der Waals surface area (Å²) >= 11 is 0. The van der Waals surface area contributed by atoms with E-state index in [1.807, 2.05) is 62.4 Å². The molecule has 0 unspecified atom stereocenters. The third-order valence-electron chi connectivity index (χ3n) is 7.46. The Morgan fingerprint density at radius 2 is 1.56 bits per heavy atom. The van der Waals surface area contributed by atoms with E-state index in [0.29, 0.717) is 62.8 Å². The zero-order chi connectivity index (χ0) is 30.5. The fourth-order valence-corrected chi connectivity index (χ4v) is 5.51. The number of furan rings is 1. The molecule has 0 saturated carbocycles. The van der Waals surface area contributed by atoms with Gasteiger partial charge in [0.2, 0.25) is 15.9 Å². The van der Waals surface area contributed by atoms with E-state index in [1.54, 1.807) is 31.3 Å². The lowest BCUT2D eigenvalue weighted by atomic mass is 10.0. The normalized spacial score (nSPS) is 11.7. The standard InChI is InChI=1S/C33H30N4O5S/c1-19-6-10-21(11-7-19)16-29-36-32-27(41-29)15-14-25(35-32)23-17-24-28(18-26(23)37(4)43(5,39)40)42-31(30(24)33(38)34-3)22-12-8-20(2)9-13-22/h6-15,17-18H,16H2,1-5H3,(H,34,38). The first-order valence-electron chi connectivity index (χ1n) is 13.7. The highest BCUT2D eigenvalue weighted by Crippen LogP contribution is 2.41. The van der Waals surface area contributed by atoms with Crippen molar-refractivity contribution in [2.75, 3.05) is 24.7 Å². The van der Waals surface area contributed by atoms with E-state index in [9.17, 15) is 13.2 Å². The minimum absolute atomic E-state index is 0.329. The Morgan fingerprint density at radius 3 is 2.21 bits per heavy atom. The summed E-state index contributed by atoms with van der Waals surface area (Å²) in [5.74, 6) is 0.581. The van der Waals surface area contributed by atoms with Crippen molar-refractivity contribution in [1.82, 2.24) is 15.3 Å². The molecule has 6 rings (SSSR count). The van der Waals surface area contributed by atoms with E-state index in [0.717, 1.165) is 22.9 Å². The third kappa shape index (κ3) is 5.37. The number of rotatable bonds is 7. The summed E-state index contributed by atoms with van der Waals surface area (Å²) in [5.41, 5.74) is 6.95.